The average Bonchev–Trinajstić information content (AvgIpc) is 1.23. The number of imidazole rings is 1. The van der Waals surface area contributed by atoms with Crippen molar-refractivity contribution >= 4 is 190 Å². The number of H-pyrrole nitrogens is 1. The third-order valence-corrected chi connectivity index (χ3v) is 27.1. The van der Waals surface area contributed by atoms with Gasteiger partial charge in [-0.15, -0.1) is 0 Å². The second-order valence-electron chi connectivity index (χ2n) is 37.3. The van der Waals surface area contributed by atoms with Gasteiger partial charge in [0.15, 0.2) is 0 Å². The van der Waals surface area contributed by atoms with E-state index in [9.17, 15) is 96.5 Å². The molecule has 2 aromatic rings. The lowest BCUT2D eigenvalue weighted by atomic mass is 9.91. The van der Waals surface area contributed by atoms with E-state index in [2.05, 4.69) is 113 Å². The van der Waals surface area contributed by atoms with Gasteiger partial charge in [0, 0.05) is 79.6 Å². The number of carboxylic acid groups (broad SMARTS) is 1. The topological polar surface area (TPSA) is 717 Å². The van der Waals surface area contributed by atoms with Crippen molar-refractivity contribution in [2.75, 3.05) is 59.4 Å². The molecule has 2 aliphatic rings. The maximum Gasteiger partial charge on any atom is 0.305 e. The summed E-state index contributed by atoms with van der Waals surface area (Å²) in [7, 11) is 0. The highest BCUT2D eigenvalue weighted by Gasteiger charge is 2.42. The number of thiol groups is 1. The maximum absolute atomic E-state index is 15.1. The number of ketones is 1. The van der Waals surface area contributed by atoms with E-state index in [1.54, 1.807) is 90.6 Å². The summed E-state index contributed by atoms with van der Waals surface area (Å²) in [6.07, 6.45) is 7.77. The molecule has 0 radical (unpaired) electrons. The second kappa shape index (κ2) is 65.9. The Hall–Kier alpha value is -11.4. The smallest absolute Gasteiger partial charge is 0.305 e. The number of aromatic amines is 1. The van der Waals surface area contributed by atoms with Crippen LogP contribution in [-0.2, 0) is 109 Å². The summed E-state index contributed by atoms with van der Waals surface area (Å²) in [6.45, 7) is 17.6. The van der Waals surface area contributed by atoms with Crippen molar-refractivity contribution < 1.29 is 106 Å². The molecule has 1 aromatic carbocycles. The largest absolute Gasteiger partial charge is 0.481 e. The van der Waals surface area contributed by atoms with Crippen molar-refractivity contribution in [3.8, 4) is 0 Å². The third kappa shape index (κ3) is 46.3. The van der Waals surface area contributed by atoms with E-state index in [1.807, 2.05) is 13.8 Å². The highest BCUT2D eigenvalue weighted by atomic mass is 32.2. The Kier molecular flexibility index (Phi) is 57.2. The number of amidine groups is 1. The molecular formula is C94H149N23O22S5. The first kappa shape index (κ1) is 125. The van der Waals surface area contributed by atoms with E-state index in [1.165, 1.54) is 63.0 Å². The number of aliphatic carboxylic acids is 1. The van der Waals surface area contributed by atoms with Crippen LogP contribution in [0.25, 0.3) is 0 Å². The van der Waals surface area contributed by atoms with Crippen LogP contribution in [0, 0.1) is 40.9 Å². The number of carbonyl (C=O) groups is 20. The number of Topliss-reactive ketones (excluding diaryl/α,β-unsaturated/α-hetero) is 1. The number of aliphatic hydroxyl groups is 1. The minimum absolute atomic E-state index is 0.0129. The number of primary amides is 2. The summed E-state index contributed by atoms with van der Waals surface area (Å²) in [5.74, 6) is -21.6. The Balaban J connectivity index is 1.69. The zero-order valence-electron chi connectivity index (χ0n) is 84.0. The van der Waals surface area contributed by atoms with Gasteiger partial charge in [-0.2, -0.15) is 59.7 Å². The number of thioether (sulfide) groups is 4. The molecule has 50 heteroatoms. The minimum Gasteiger partial charge on any atom is -0.481 e. The highest BCUT2D eigenvalue weighted by Crippen LogP contribution is 2.23. The Labute approximate surface area is 862 Å². The summed E-state index contributed by atoms with van der Waals surface area (Å²) >= 11 is 9.15. The molecule has 0 saturated carbocycles. The van der Waals surface area contributed by atoms with E-state index in [0.717, 1.165) is 23.5 Å². The Morgan fingerprint density at radius 2 is 1.08 bits per heavy atom. The maximum atomic E-state index is 15.1. The summed E-state index contributed by atoms with van der Waals surface area (Å²) in [5, 5.41) is 70.8. The number of nitrogens with two attached hydrogens (primary N) is 3. The number of benzene rings is 1. The molecule has 26 N–H and O–H groups in total. The Morgan fingerprint density at radius 3 is 1.62 bits per heavy atom. The first-order chi connectivity index (χ1) is 68.1. The number of nitrogens with zero attached hydrogens (tertiary/aromatic N) is 2. The second-order valence-corrected chi connectivity index (χ2v) is 42.0. The Bertz CT molecular complexity index is 4710. The molecule has 802 valence electrons. The average molecular weight is 2110 g/mol. The number of unbranched alkanes of at least 4 members (excludes halogenated alkanes) is 1. The number of hydrogen-bond donors (Lipinski definition) is 24. The number of amides is 18. The van der Waals surface area contributed by atoms with Gasteiger partial charge in [-0.25, -0.2) is 4.98 Å². The van der Waals surface area contributed by atoms with Gasteiger partial charge in [0.1, 0.15) is 102 Å². The molecule has 4 rings (SSSR count). The molecular weight excluding hydrogens is 1960 g/mol. The van der Waals surface area contributed by atoms with E-state index in [0.29, 0.717) is 30.4 Å². The van der Waals surface area contributed by atoms with Gasteiger partial charge in [-0.05, 0) is 141 Å². The molecule has 0 spiro atoms. The minimum atomic E-state index is -1.97. The molecule has 18 atom stereocenters. The molecule has 1 fully saturated rings. The van der Waals surface area contributed by atoms with Crippen LogP contribution in [0.4, 0.5) is 0 Å². The molecule has 1 saturated heterocycles. The van der Waals surface area contributed by atoms with E-state index >= 15 is 9.59 Å². The first-order valence-electron chi connectivity index (χ1n) is 48.2. The molecule has 0 bridgehead atoms. The molecule has 2 aliphatic heterocycles. The van der Waals surface area contributed by atoms with Crippen LogP contribution in [0.2, 0.25) is 0 Å². The summed E-state index contributed by atoms with van der Waals surface area (Å²) in [6, 6.07) is -16.3. The van der Waals surface area contributed by atoms with Crippen LogP contribution in [0.1, 0.15) is 190 Å². The fraction of sp³-hybridized carbons (Fsp3) is 0.649. The van der Waals surface area contributed by atoms with Gasteiger partial charge in [0.05, 0.1) is 31.6 Å². The van der Waals surface area contributed by atoms with Crippen molar-refractivity contribution in [3.63, 3.8) is 0 Å². The van der Waals surface area contributed by atoms with Crippen LogP contribution in [0.5, 0.6) is 0 Å². The fourth-order valence-corrected chi connectivity index (χ4v) is 18.6. The van der Waals surface area contributed by atoms with Gasteiger partial charge in [-0.1, -0.05) is 112 Å². The lowest BCUT2D eigenvalue weighted by molar-refractivity contribution is -0.141. The number of aliphatic hydroxyl groups excluding tert-OH is 1. The molecule has 2 unspecified atom stereocenters. The predicted octanol–water partition coefficient (Wildman–Crippen LogP) is -1.23. The van der Waals surface area contributed by atoms with Crippen LogP contribution >= 0.6 is 59.7 Å². The van der Waals surface area contributed by atoms with Crippen molar-refractivity contribution in [3.05, 3.63) is 65.9 Å². The summed E-state index contributed by atoms with van der Waals surface area (Å²) < 4.78 is 0. The van der Waals surface area contributed by atoms with Gasteiger partial charge in [0.25, 0.3) is 0 Å². The predicted molar refractivity (Wildman–Crippen MR) is 552 cm³/mol. The van der Waals surface area contributed by atoms with Crippen LogP contribution < -0.4 is 102 Å². The lowest BCUT2D eigenvalue weighted by Crippen LogP contribution is -2.62. The number of aromatic nitrogens is 2. The Morgan fingerprint density at radius 1 is 0.556 bits per heavy atom. The van der Waals surface area contributed by atoms with Crippen molar-refractivity contribution in [1.29, 1.82) is 5.41 Å². The molecule has 18 amide bonds. The standard InChI is InChI=1S/C94H149N23O22S5/c1-14-53(10)77(78(98)123)117-89(134)63(35-51(6)7)106-84(129)64(37-55-21-16-15-17-22-55)107-88(133)68(41-75(121)122)111-86(131)66(39-58-43-100-48-101-58)109-82(127)60(26-31-141-12)103-90(135)69(44-118)112-94(139)76(52(8)9)116-93(138)72-47-144-30-20-29-143-46-71(92(137)104-61(27-32-142-13)81(126)105-62(34-50(4)5)83(128)108-65(85(130)115-72)38-56-25-28-99-42-56)114-87(132)67(40-74(97)120)110-80(125)59(23-18-19-24-73(95)96)102-91(136)70(45-140)113-79(124)57(33-49(2)3)36-54(11)119/h15-17,21-22,28,42-43,48-53,57,59-72,76-77,118,140H,14,18-20,23-27,29-41,44-47H2,1-13H3,(H3,95,96)(H2,97,120)(H2,98,123)(H,100,101)(H,102,136)(H,103,135)(H,104,137)(H,105,126)(H,106,129)(H,107,133)(H,108,128)(H,109,127)(H,110,125)(H,111,131)(H,112,139)(H,113,124)(H,114,132)(H,115,130)(H,116,138)(H,117,134)(H,121,122)/t53-,57+,59-,60-,61+,62-,63?,64-,65+,66-,67-,68-,69-,70-,71?,72-,76-,77-/m0/s1. The zero-order valence-corrected chi connectivity index (χ0v) is 88.2. The number of carbonyl (C=O) groups excluding carboxylic acids is 19. The number of aliphatic imine (C=N–C) groups is 1. The SMILES string of the molecule is CC[C@H](C)[C@H](NC(=O)C(CC(C)C)NC(=O)[C@H](Cc1ccccc1)NC(=O)[C@H](CC(=O)O)NC(=O)[C@H](Cc1cnc[nH]1)NC(=O)[C@H](CCSC)NC(=O)[C@H](CO)NC(=O)[C@@H](NC(=O)[C@@H]1CSCCCSCC(NC(=O)[C@H](CC(N)=O)NC(=O)[C@H](CCCCC(=N)N)NC(=O)[C@H](CS)NC(=O)[C@@H](CC(C)=O)CC(C)C)C(=O)N[C@H](CCSC)C(=O)N[C@@H](CC(C)C)C(=O)N[C@H](CC2=CN=CC2)C(=O)N1)C(C)C)C(N)=O. The van der Waals surface area contributed by atoms with E-state index < -0.39 is 253 Å². The summed E-state index contributed by atoms with van der Waals surface area (Å²) in [4.78, 5) is 295. The summed E-state index contributed by atoms with van der Waals surface area (Å²) in [5.41, 5.74) is 18.3. The van der Waals surface area contributed by atoms with Crippen LogP contribution in [0.3, 0.4) is 0 Å². The quantitative estimate of drug-likeness (QED) is 0.0159. The van der Waals surface area contributed by atoms with Gasteiger partial charge in [0.2, 0.25) is 106 Å². The molecule has 144 heavy (non-hydrogen) atoms. The fourth-order valence-electron chi connectivity index (χ4n) is 15.2. The highest BCUT2D eigenvalue weighted by molar-refractivity contribution is 8.00. The first-order valence-corrected chi connectivity index (χ1v) is 53.9. The van der Waals surface area contributed by atoms with Crippen LogP contribution in [0.15, 0.2) is 59.6 Å². The van der Waals surface area contributed by atoms with E-state index in [-0.39, 0.29) is 152 Å². The molecule has 0 aliphatic carbocycles. The lowest BCUT2D eigenvalue weighted by Gasteiger charge is -2.29. The van der Waals surface area contributed by atoms with Gasteiger partial charge < -0.3 is 122 Å². The zero-order chi connectivity index (χ0) is 108. The van der Waals surface area contributed by atoms with Crippen molar-refractivity contribution in [2.24, 2.45) is 57.7 Å². The molecule has 1 aromatic heterocycles. The van der Waals surface area contributed by atoms with Crippen molar-refractivity contribution in [2.45, 2.75) is 288 Å². The van der Waals surface area contributed by atoms with Crippen LogP contribution in [-0.4, -0.2) is 306 Å². The van der Waals surface area contributed by atoms with Gasteiger partial charge >= 0.3 is 5.97 Å². The molecule has 45 nitrogen and oxygen atoms in total. The monoisotopic (exact) mass is 2110 g/mol. The number of hydrogen-bond acceptors (Lipinski definition) is 29. The number of rotatable bonds is 59. The number of nitrogens with one attached hydrogen (secondary N) is 18. The number of carboxylic acids is 1. The van der Waals surface area contributed by atoms with E-state index in [4.69, 9.17) is 22.6 Å². The third-order valence-electron chi connectivity index (χ3n) is 23.2. The van der Waals surface area contributed by atoms with Crippen molar-refractivity contribution in [1.82, 2.24) is 95.0 Å². The molecule has 3 heterocycles. The normalized spacial score (nSPS) is 18.8. The van der Waals surface area contributed by atoms with Gasteiger partial charge in [-0.3, -0.25) is 101 Å².